The van der Waals surface area contributed by atoms with E-state index in [1.54, 1.807) is 0 Å². The summed E-state index contributed by atoms with van der Waals surface area (Å²) in [5, 5.41) is 12.7. The van der Waals surface area contributed by atoms with Gasteiger partial charge in [-0.1, -0.05) is 44.4 Å². The molecule has 1 aliphatic rings. The number of likely N-dealkylation sites (tertiary alicyclic amines) is 1. The second kappa shape index (κ2) is 9.68. The minimum absolute atomic E-state index is 0.114. The van der Waals surface area contributed by atoms with Crippen LogP contribution in [0, 0.1) is 0 Å². The maximum Gasteiger partial charge on any atom is 0.224 e. The molecule has 128 valence electrons. The molecule has 0 aliphatic carbocycles. The lowest BCUT2D eigenvalue weighted by molar-refractivity contribution is -0.116. The van der Waals surface area contributed by atoms with Crippen LogP contribution < -0.4 is 5.32 Å². The third kappa shape index (κ3) is 6.32. The van der Waals surface area contributed by atoms with Gasteiger partial charge in [0, 0.05) is 31.7 Å². The summed E-state index contributed by atoms with van der Waals surface area (Å²) < 4.78 is 0. The fourth-order valence-electron chi connectivity index (χ4n) is 3.02. The lowest BCUT2D eigenvalue weighted by Crippen LogP contribution is -2.35. The molecule has 0 unspecified atom stereocenters. The molecule has 4 heteroatoms. The standard InChI is InChI=1S/C19H30N2O2/c1-2-3-4-5-10-19(23)20-18-9-7-6-8-16(18)15-21-13-11-17(22)12-14-21/h6-9,17,22H,2-5,10-15H2,1H3,(H,20,23). The summed E-state index contributed by atoms with van der Waals surface area (Å²) in [4.78, 5) is 14.5. The van der Waals surface area contributed by atoms with Gasteiger partial charge in [-0.2, -0.15) is 0 Å². The Morgan fingerprint density at radius 2 is 1.96 bits per heavy atom. The molecular formula is C19H30N2O2. The molecule has 0 aromatic heterocycles. The highest BCUT2D eigenvalue weighted by molar-refractivity contribution is 5.91. The van der Waals surface area contributed by atoms with E-state index in [0.717, 1.165) is 56.6 Å². The molecule has 1 aliphatic heterocycles. The normalized spacial score (nSPS) is 16.4. The van der Waals surface area contributed by atoms with E-state index in [9.17, 15) is 9.90 Å². The number of para-hydroxylation sites is 1. The first-order chi connectivity index (χ1) is 11.2. The maximum absolute atomic E-state index is 12.1. The second-order valence-corrected chi connectivity index (χ2v) is 6.52. The Morgan fingerprint density at radius 1 is 1.22 bits per heavy atom. The van der Waals surface area contributed by atoms with Crippen molar-refractivity contribution in [3.05, 3.63) is 29.8 Å². The molecule has 0 bridgehead atoms. The van der Waals surface area contributed by atoms with Crippen LogP contribution >= 0.6 is 0 Å². The van der Waals surface area contributed by atoms with Crippen LogP contribution in [0.1, 0.15) is 57.4 Å². The van der Waals surface area contributed by atoms with Gasteiger partial charge in [0.25, 0.3) is 0 Å². The van der Waals surface area contributed by atoms with Gasteiger partial charge in [0.2, 0.25) is 5.91 Å². The molecule has 2 rings (SSSR count). The van der Waals surface area contributed by atoms with Crippen molar-refractivity contribution < 1.29 is 9.90 Å². The first-order valence-corrected chi connectivity index (χ1v) is 8.97. The van der Waals surface area contributed by atoms with Gasteiger partial charge >= 0.3 is 0 Å². The van der Waals surface area contributed by atoms with Gasteiger partial charge in [-0.3, -0.25) is 9.69 Å². The quantitative estimate of drug-likeness (QED) is 0.721. The number of hydrogen-bond donors (Lipinski definition) is 2. The van der Waals surface area contributed by atoms with Crippen molar-refractivity contribution in [3.63, 3.8) is 0 Å². The van der Waals surface area contributed by atoms with E-state index < -0.39 is 0 Å². The monoisotopic (exact) mass is 318 g/mol. The number of nitrogens with one attached hydrogen (secondary N) is 1. The number of nitrogens with zero attached hydrogens (tertiary/aromatic N) is 1. The lowest BCUT2D eigenvalue weighted by Gasteiger charge is -2.30. The number of carbonyl (C=O) groups excluding carboxylic acids is 1. The summed E-state index contributed by atoms with van der Waals surface area (Å²) in [5.41, 5.74) is 2.09. The highest BCUT2D eigenvalue weighted by Crippen LogP contribution is 2.20. The summed E-state index contributed by atoms with van der Waals surface area (Å²) >= 11 is 0. The van der Waals surface area contributed by atoms with E-state index in [0.29, 0.717) is 6.42 Å². The topological polar surface area (TPSA) is 52.6 Å². The van der Waals surface area contributed by atoms with E-state index in [2.05, 4.69) is 23.2 Å². The molecule has 23 heavy (non-hydrogen) atoms. The Hall–Kier alpha value is -1.39. The van der Waals surface area contributed by atoms with E-state index in [4.69, 9.17) is 0 Å². The van der Waals surface area contributed by atoms with Gasteiger partial charge < -0.3 is 10.4 Å². The van der Waals surface area contributed by atoms with Gasteiger partial charge in [0.1, 0.15) is 0 Å². The Morgan fingerprint density at radius 3 is 2.70 bits per heavy atom. The minimum Gasteiger partial charge on any atom is -0.393 e. The van der Waals surface area contributed by atoms with Crippen LogP contribution in [-0.2, 0) is 11.3 Å². The van der Waals surface area contributed by atoms with Gasteiger partial charge in [-0.15, -0.1) is 0 Å². The van der Waals surface area contributed by atoms with Crippen molar-refractivity contribution in [1.82, 2.24) is 4.90 Å². The van der Waals surface area contributed by atoms with Crippen molar-refractivity contribution >= 4 is 11.6 Å². The minimum atomic E-state index is -0.149. The molecule has 1 heterocycles. The first-order valence-electron chi connectivity index (χ1n) is 8.97. The summed E-state index contributed by atoms with van der Waals surface area (Å²) in [6.07, 6.45) is 6.61. The zero-order valence-corrected chi connectivity index (χ0v) is 14.3. The Labute approximate surface area is 139 Å². The molecule has 1 saturated heterocycles. The van der Waals surface area contributed by atoms with Crippen molar-refractivity contribution in [1.29, 1.82) is 0 Å². The van der Waals surface area contributed by atoms with E-state index in [1.165, 1.54) is 12.8 Å². The molecule has 0 saturated carbocycles. The molecule has 1 aromatic carbocycles. The Bertz CT molecular complexity index is 482. The number of aliphatic hydroxyl groups is 1. The zero-order valence-electron chi connectivity index (χ0n) is 14.3. The molecule has 1 amide bonds. The number of aliphatic hydroxyl groups excluding tert-OH is 1. The van der Waals surface area contributed by atoms with Crippen molar-refractivity contribution in [3.8, 4) is 0 Å². The van der Waals surface area contributed by atoms with E-state index in [-0.39, 0.29) is 12.0 Å². The van der Waals surface area contributed by atoms with Gasteiger partial charge in [-0.25, -0.2) is 0 Å². The number of carbonyl (C=O) groups is 1. The summed E-state index contributed by atoms with van der Waals surface area (Å²) in [5.74, 6) is 0.114. The lowest BCUT2D eigenvalue weighted by atomic mass is 10.1. The smallest absolute Gasteiger partial charge is 0.224 e. The number of hydrogen-bond acceptors (Lipinski definition) is 3. The van der Waals surface area contributed by atoms with Crippen LogP contribution in [0.2, 0.25) is 0 Å². The molecule has 1 fully saturated rings. The Balaban J connectivity index is 1.85. The maximum atomic E-state index is 12.1. The summed E-state index contributed by atoms with van der Waals surface area (Å²) in [6.45, 7) is 4.84. The number of benzene rings is 1. The molecule has 2 N–H and O–H groups in total. The molecule has 0 spiro atoms. The van der Waals surface area contributed by atoms with Gasteiger partial charge in [0.15, 0.2) is 0 Å². The fraction of sp³-hybridized carbons (Fsp3) is 0.632. The molecule has 1 aromatic rings. The number of piperidine rings is 1. The van der Waals surface area contributed by atoms with Crippen molar-refractivity contribution in [2.75, 3.05) is 18.4 Å². The summed E-state index contributed by atoms with van der Waals surface area (Å²) in [7, 11) is 0. The van der Waals surface area contributed by atoms with Gasteiger partial charge in [0.05, 0.1) is 6.10 Å². The predicted octanol–water partition coefficient (Wildman–Crippen LogP) is 3.55. The zero-order chi connectivity index (χ0) is 16.5. The Kier molecular flexibility index (Phi) is 7.56. The van der Waals surface area contributed by atoms with E-state index in [1.807, 2.05) is 18.2 Å². The first kappa shape index (κ1) is 18.0. The van der Waals surface area contributed by atoms with Crippen molar-refractivity contribution in [2.45, 2.75) is 64.5 Å². The van der Waals surface area contributed by atoms with E-state index >= 15 is 0 Å². The number of amides is 1. The summed E-state index contributed by atoms with van der Waals surface area (Å²) in [6, 6.07) is 8.05. The number of anilines is 1. The fourth-order valence-corrected chi connectivity index (χ4v) is 3.02. The number of rotatable bonds is 8. The third-order valence-electron chi connectivity index (χ3n) is 4.50. The average molecular weight is 318 g/mol. The number of unbranched alkanes of at least 4 members (excludes halogenated alkanes) is 3. The molecular weight excluding hydrogens is 288 g/mol. The van der Waals surface area contributed by atoms with Crippen LogP contribution in [0.5, 0.6) is 0 Å². The molecule has 0 radical (unpaired) electrons. The average Bonchev–Trinajstić information content (AvgIpc) is 2.55. The van der Waals surface area contributed by atoms with Crippen LogP contribution in [0.15, 0.2) is 24.3 Å². The molecule has 0 atom stereocenters. The van der Waals surface area contributed by atoms with Gasteiger partial charge in [-0.05, 0) is 30.9 Å². The van der Waals surface area contributed by atoms with Crippen LogP contribution in [0.25, 0.3) is 0 Å². The second-order valence-electron chi connectivity index (χ2n) is 6.52. The molecule has 4 nitrogen and oxygen atoms in total. The third-order valence-corrected chi connectivity index (χ3v) is 4.50. The highest BCUT2D eigenvalue weighted by Gasteiger charge is 2.18. The highest BCUT2D eigenvalue weighted by atomic mass is 16.3. The predicted molar refractivity (Wildman–Crippen MR) is 94.3 cm³/mol. The van der Waals surface area contributed by atoms with Crippen molar-refractivity contribution in [2.24, 2.45) is 0 Å². The SMILES string of the molecule is CCCCCCC(=O)Nc1ccccc1CN1CCC(O)CC1. The van der Waals surface area contributed by atoms with Crippen LogP contribution in [-0.4, -0.2) is 35.1 Å². The van der Waals surface area contributed by atoms with Crippen LogP contribution in [0.3, 0.4) is 0 Å². The van der Waals surface area contributed by atoms with Crippen LogP contribution in [0.4, 0.5) is 5.69 Å². The largest absolute Gasteiger partial charge is 0.393 e.